The molecule has 0 radical (unpaired) electrons. The maximum Gasteiger partial charge on any atom is 0.269 e. The third-order valence-electron chi connectivity index (χ3n) is 4.76. The van der Waals surface area contributed by atoms with Gasteiger partial charge in [-0.1, -0.05) is 30.3 Å². The molecule has 0 unspecified atom stereocenters. The van der Waals surface area contributed by atoms with Gasteiger partial charge in [-0.15, -0.1) is 0 Å². The highest BCUT2D eigenvalue weighted by atomic mass is 16.6. The van der Waals surface area contributed by atoms with Crippen molar-refractivity contribution in [2.75, 3.05) is 10.6 Å². The lowest BCUT2D eigenvalue weighted by Gasteiger charge is -2.28. The first-order chi connectivity index (χ1) is 14.5. The van der Waals surface area contributed by atoms with Crippen LogP contribution in [0.25, 0.3) is 0 Å². The number of nitriles is 1. The molecule has 0 aliphatic carbocycles. The highest BCUT2D eigenvalue weighted by molar-refractivity contribution is 5.98. The number of nitrogens with one attached hydrogen (secondary N) is 3. The molecular formula is C20H14N6O4. The number of para-hydroxylation sites is 1. The lowest BCUT2D eigenvalue weighted by molar-refractivity contribution is -0.384. The zero-order valence-electron chi connectivity index (χ0n) is 15.3. The Kier molecular flexibility index (Phi) is 4.69. The largest absolute Gasteiger partial charge is 0.326 e. The molecule has 0 saturated heterocycles. The SMILES string of the molecule is N#C[C@@H]1C(=O)Nc2nc(Nc3ccccc3)[nH]c(=O)c2[C@H]1c1ccc([N+](=O)[O-])cc1. The number of rotatable bonds is 4. The third kappa shape index (κ3) is 3.35. The van der Waals surface area contributed by atoms with Crippen molar-refractivity contribution in [3.05, 3.63) is 86.2 Å². The first-order valence-electron chi connectivity index (χ1n) is 8.89. The molecule has 3 aromatic rings. The van der Waals surface area contributed by atoms with E-state index in [0.29, 0.717) is 11.3 Å². The number of anilines is 3. The molecular weight excluding hydrogens is 388 g/mol. The van der Waals surface area contributed by atoms with Crippen molar-refractivity contribution < 1.29 is 9.72 Å². The first-order valence-corrected chi connectivity index (χ1v) is 8.89. The Labute approximate surface area is 169 Å². The topological polar surface area (TPSA) is 154 Å². The zero-order valence-corrected chi connectivity index (χ0v) is 15.3. The fraction of sp³-hybridized carbons (Fsp3) is 0.100. The van der Waals surface area contributed by atoms with E-state index in [1.807, 2.05) is 24.3 Å². The van der Waals surface area contributed by atoms with E-state index in [9.17, 15) is 25.0 Å². The van der Waals surface area contributed by atoms with E-state index in [1.165, 1.54) is 24.3 Å². The van der Waals surface area contributed by atoms with Crippen molar-refractivity contribution in [1.82, 2.24) is 9.97 Å². The number of hydrogen-bond donors (Lipinski definition) is 3. The van der Waals surface area contributed by atoms with Crippen LogP contribution in [0.3, 0.4) is 0 Å². The summed E-state index contributed by atoms with van der Waals surface area (Å²) in [4.78, 5) is 42.7. The quantitative estimate of drug-likeness (QED) is 0.448. The zero-order chi connectivity index (χ0) is 21.3. The van der Waals surface area contributed by atoms with Gasteiger partial charge in [0, 0.05) is 23.7 Å². The standard InChI is InChI=1S/C20H14N6O4/c21-10-14-15(11-6-8-13(9-7-11)26(29)30)16-17(23-18(14)27)24-20(25-19(16)28)22-12-4-2-1-3-5-12/h1-9,14-15H,(H3,22,23,24,25,27,28)/t14-,15-/m0/s1. The van der Waals surface area contributed by atoms with E-state index in [1.54, 1.807) is 12.1 Å². The number of hydrogen-bond acceptors (Lipinski definition) is 7. The van der Waals surface area contributed by atoms with Crippen LogP contribution in [0.1, 0.15) is 17.0 Å². The van der Waals surface area contributed by atoms with Crippen molar-refractivity contribution in [2.24, 2.45) is 5.92 Å². The molecule has 0 spiro atoms. The lowest BCUT2D eigenvalue weighted by Crippen LogP contribution is -2.38. The molecule has 1 aliphatic heterocycles. The van der Waals surface area contributed by atoms with Gasteiger partial charge in [0.05, 0.1) is 16.6 Å². The summed E-state index contributed by atoms with van der Waals surface area (Å²) >= 11 is 0. The molecule has 1 aliphatic rings. The number of aromatic nitrogens is 2. The molecule has 0 bridgehead atoms. The number of amides is 1. The maximum atomic E-state index is 12.9. The summed E-state index contributed by atoms with van der Waals surface area (Å²) in [6.07, 6.45) is 0. The van der Waals surface area contributed by atoms with Crippen LogP contribution < -0.4 is 16.2 Å². The number of non-ortho nitro benzene ring substituents is 1. The van der Waals surface area contributed by atoms with Crippen LogP contribution in [0.2, 0.25) is 0 Å². The Morgan fingerprint density at radius 2 is 1.80 bits per heavy atom. The summed E-state index contributed by atoms with van der Waals surface area (Å²) < 4.78 is 0. The summed E-state index contributed by atoms with van der Waals surface area (Å²) in [7, 11) is 0. The predicted molar refractivity (Wildman–Crippen MR) is 107 cm³/mol. The van der Waals surface area contributed by atoms with Crippen LogP contribution in [0.15, 0.2) is 59.4 Å². The molecule has 1 aromatic heterocycles. The molecule has 0 saturated carbocycles. The Morgan fingerprint density at radius 3 is 2.43 bits per heavy atom. The van der Waals surface area contributed by atoms with E-state index in [2.05, 4.69) is 20.6 Å². The van der Waals surface area contributed by atoms with Gasteiger partial charge in [-0.3, -0.25) is 24.7 Å². The number of nitro benzene ring substituents is 1. The van der Waals surface area contributed by atoms with E-state index >= 15 is 0 Å². The number of nitro groups is 1. The number of carbonyl (C=O) groups excluding carboxylic acids is 1. The molecule has 10 nitrogen and oxygen atoms in total. The normalized spacial score (nSPS) is 17.4. The van der Waals surface area contributed by atoms with Gasteiger partial charge in [0.25, 0.3) is 11.2 Å². The van der Waals surface area contributed by atoms with Crippen molar-refractivity contribution in [3.8, 4) is 6.07 Å². The average Bonchev–Trinajstić information content (AvgIpc) is 2.73. The number of carbonyl (C=O) groups is 1. The monoisotopic (exact) mass is 402 g/mol. The number of aromatic amines is 1. The minimum Gasteiger partial charge on any atom is -0.326 e. The third-order valence-corrected chi connectivity index (χ3v) is 4.76. The smallest absolute Gasteiger partial charge is 0.269 e. The Bertz CT molecular complexity index is 1230. The van der Waals surface area contributed by atoms with E-state index in [4.69, 9.17) is 0 Å². The molecule has 4 rings (SSSR count). The predicted octanol–water partition coefficient (Wildman–Crippen LogP) is 2.65. The highest BCUT2D eigenvalue weighted by Crippen LogP contribution is 2.38. The molecule has 1 amide bonds. The molecule has 30 heavy (non-hydrogen) atoms. The van der Waals surface area contributed by atoms with E-state index < -0.39 is 28.2 Å². The summed E-state index contributed by atoms with van der Waals surface area (Å²) in [6, 6.07) is 16.3. The van der Waals surface area contributed by atoms with Crippen LogP contribution >= 0.6 is 0 Å². The van der Waals surface area contributed by atoms with Crippen LogP contribution in [0.5, 0.6) is 0 Å². The van der Waals surface area contributed by atoms with Crippen LogP contribution in [0.4, 0.5) is 23.1 Å². The molecule has 10 heteroatoms. The fourth-order valence-electron chi connectivity index (χ4n) is 3.39. The Morgan fingerprint density at radius 1 is 1.10 bits per heavy atom. The highest BCUT2D eigenvalue weighted by Gasteiger charge is 2.40. The van der Waals surface area contributed by atoms with Crippen molar-refractivity contribution in [3.63, 3.8) is 0 Å². The molecule has 2 heterocycles. The fourth-order valence-corrected chi connectivity index (χ4v) is 3.39. The van der Waals surface area contributed by atoms with Crippen LogP contribution in [-0.2, 0) is 4.79 Å². The van der Waals surface area contributed by atoms with Gasteiger partial charge in [-0.2, -0.15) is 10.2 Å². The molecule has 148 valence electrons. The average molecular weight is 402 g/mol. The summed E-state index contributed by atoms with van der Waals surface area (Å²) in [5.41, 5.74) is 0.571. The van der Waals surface area contributed by atoms with Crippen molar-refractivity contribution in [2.45, 2.75) is 5.92 Å². The van der Waals surface area contributed by atoms with Crippen molar-refractivity contribution in [1.29, 1.82) is 5.26 Å². The summed E-state index contributed by atoms with van der Waals surface area (Å²) in [5.74, 6) is -2.53. The van der Waals surface area contributed by atoms with Gasteiger partial charge in [0.2, 0.25) is 11.9 Å². The minimum absolute atomic E-state index is 0.0389. The molecule has 2 aromatic carbocycles. The van der Waals surface area contributed by atoms with E-state index in [-0.39, 0.29) is 23.0 Å². The number of fused-ring (bicyclic) bond motifs is 1. The Hall–Kier alpha value is -4.52. The second-order valence-electron chi connectivity index (χ2n) is 6.59. The molecule has 0 fully saturated rings. The Balaban J connectivity index is 1.80. The van der Waals surface area contributed by atoms with Crippen LogP contribution in [0, 0.1) is 27.4 Å². The van der Waals surface area contributed by atoms with Gasteiger partial charge in [-0.25, -0.2) is 0 Å². The number of H-pyrrole nitrogens is 1. The molecule has 2 atom stereocenters. The van der Waals surface area contributed by atoms with Crippen LogP contribution in [-0.4, -0.2) is 20.8 Å². The maximum absolute atomic E-state index is 12.9. The summed E-state index contributed by atoms with van der Waals surface area (Å²) in [6.45, 7) is 0. The minimum atomic E-state index is -1.19. The second kappa shape index (κ2) is 7.48. The van der Waals surface area contributed by atoms with Gasteiger partial charge >= 0.3 is 0 Å². The molecule has 3 N–H and O–H groups in total. The van der Waals surface area contributed by atoms with E-state index in [0.717, 1.165) is 0 Å². The summed E-state index contributed by atoms with van der Waals surface area (Å²) in [5, 5.41) is 25.9. The number of nitrogens with zero attached hydrogens (tertiary/aromatic N) is 3. The van der Waals surface area contributed by atoms with Gasteiger partial charge in [0.15, 0.2) is 0 Å². The van der Waals surface area contributed by atoms with Gasteiger partial charge in [0.1, 0.15) is 11.7 Å². The lowest BCUT2D eigenvalue weighted by atomic mass is 9.79. The number of benzene rings is 2. The van der Waals surface area contributed by atoms with Crippen molar-refractivity contribution >= 4 is 29.0 Å². The van der Waals surface area contributed by atoms with Gasteiger partial charge in [-0.05, 0) is 17.7 Å². The first kappa shape index (κ1) is 18.8. The van der Waals surface area contributed by atoms with Gasteiger partial charge < -0.3 is 10.6 Å². The second-order valence-corrected chi connectivity index (χ2v) is 6.59.